The summed E-state index contributed by atoms with van der Waals surface area (Å²) in [5.41, 5.74) is 0.919. The minimum Gasteiger partial charge on any atom is -0.258 e. The first-order valence-electron chi connectivity index (χ1n) is 9.77. The van der Waals surface area contributed by atoms with Crippen molar-refractivity contribution in [3.05, 3.63) is 120 Å². The molecule has 0 aliphatic heterocycles. The second-order valence-corrected chi connectivity index (χ2v) is 11.8. The maximum Gasteiger partial charge on any atom is 0.422 e. The number of hydrogen-bond donors (Lipinski definition) is 0. The van der Waals surface area contributed by atoms with Crippen LogP contribution in [0.1, 0.15) is 5.56 Å². The Morgan fingerprint density at radius 1 is 0.562 bits per heavy atom. The van der Waals surface area contributed by atoms with E-state index >= 15 is 0 Å². The van der Waals surface area contributed by atoms with Crippen LogP contribution in [0, 0.1) is 18.6 Å². The van der Waals surface area contributed by atoms with Crippen molar-refractivity contribution < 1.29 is 20.8 Å². The van der Waals surface area contributed by atoms with Gasteiger partial charge in [-0.1, -0.05) is 35.9 Å². The average molecular weight is 472 g/mol. The fourth-order valence-corrected chi connectivity index (χ4v) is 8.78. The van der Waals surface area contributed by atoms with Crippen molar-refractivity contribution in [1.29, 1.82) is 0 Å². The van der Waals surface area contributed by atoms with E-state index in [9.17, 15) is 17.2 Å². The smallest absolute Gasteiger partial charge is 0.258 e. The topological polar surface area (TPSA) is 46.9 Å². The summed E-state index contributed by atoms with van der Waals surface area (Å²) in [4.78, 5) is 1.73. The first-order valence-corrected chi connectivity index (χ1v) is 12.8. The van der Waals surface area contributed by atoms with E-state index in [4.69, 9.17) is 0 Å². The monoisotopic (exact) mass is 471 g/mol. The van der Waals surface area contributed by atoms with Crippen LogP contribution in [0.2, 0.25) is 0 Å². The van der Waals surface area contributed by atoms with E-state index in [-0.39, 0.29) is 4.90 Å². The molecule has 164 valence electrons. The van der Waals surface area contributed by atoms with Crippen LogP contribution in [-0.4, -0.2) is 12.0 Å². The van der Waals surface area contributed by atoms with Crippen molar-refractivity contribution in [3.8, 4) is 0 Å². The molecule has 0 amide bonds. The molecule has 32 heavy (non-hydrogen) atoms. The van der Waals surface area contributed by atoms with Crippen molar-refractivity contribution in [2.24, 2.45) is 0 Å². The predicted octanol–water partition coefficient (Wildman–Crippen LogP) is 6.95. The number of halogens is 2. The summed E-state index contributed by atoms with van der Waals surface area (Å²) in [6.07, 6.45) is 0. The van der Waals surface area contributed by atoms with Crippen molar-refractivity contribution in [2.75, 3.05) is 0 Å². The zero-order valence-corrected chi connectivity index (χ0v) is 18.8. The van der Waals surface area contributed by atoms with Gasteiger partial charge in [0.15, 0.2) is 0 Å². The minimum absolute atomic E-state index is 0.0557. The Bertz CT molecular complexity index is 1260. The van der Waals surface area contributed by atoms with Crippen LogP contribution in [0.15, 0.2) is 123 Å². The number of benzene rings is 4. The Morgan fingerprint density at radius 3 is 1.44 bits per heavy atom. The van der Waals surface area contributed by atoms with Crippen molar-refractivity contribution in [3.63, 3.8) is 0 Å². The molecule has 0 aliphatic carbocycles. The molecule has 1 N–H and O–H groups in total. The van der Waals surface area contributed by atoms with Crippen molar-refractivity contribution in [1.82, 2.24) is 0 Å². The highest BCUT2D eigenvalue weighted by Gasteiger charge is 2.43. The highest BCUT2D eigenvalue weighted by atomic mass is 32.3. The summed E-state index contributed by atoms with van der Waals surface area (Å²) in [5, 5.41) is 0. The average Bonchev–Trinajstić information content (AvgIpc) is 2.79. The predicted molar refractivity (Wildman–Crippen MR) is 123 cm³/mol. The van der Waals surface area contributed by atoms with Gasteiger partial charge in [0, 0.05) is 0 Å². The molecule has 0 radical (unpaired) electrons. The Labute approximate surface area is 188 Å². The molecule has 4 rings (SSSR count). The summed E-state index contributed by atoms with van der Waals surface area (Å²) >= 11 is 0. The first kappa shape index (κ1) is 22.2. The van der Waals surface area contributed by atoms with E-state index in [1.807, 2.05) is 13.0 Å². The maximum atomic E-state index is 13.8. The molecule has 0 aliphatic rings. The van der Waals surface area contributed by atoms with Gasteiger partial charge in [0.25, 0.3) is 0 Å². The van der Waals surface area contributed by atoms with Crippen molar-refractivity contribution in [2.45, 2.75) is 26.5 Å². The van der Waals surface area contributed by atoms with E-state index < -0.39 is 32.1 Å². The molecule has 7 heteroatoms. The van der Waals surface area contributed by atoms with Crippen LogP contribution < -0.4 is 0 Å². The van der Waals surface area contributed by atoms with Gasteiger partial charge < -0.3 is 0 Å². The SMILES string of the molecule is Cc1ccc(S(=O)(=O)[OH+]S(c2ccccc2)(c2ccc(F)cc2)c2ccc(F)cc2)cc1. The van der Waals surface area contributed by atoms with Gasteiger partial charge in [0.1, 0.15) is 16.5 Å². The van der Waals surface area contributed by atoms with E-state index in [2.05, 4.69) is 3.63 Å². The Morgan fingerprint density at radius 2 is 0.969 bits per heavy atom. The van der Waals surface area contributed by atoms with Crippen LogP contribution in [0.25, 0.3) is 0 Å². The molecule has 0 saturated heterocycles. The maximum absolute atomic E-state index is 13.8. The minimum atomic E-state index is -4.12. The fraction of sp³-hybridized carbons (Fsp3) is 0.0400. The molecule has 0 bridgehead atoms. The van der Waals surface area contributed by atoms with Gasteiger partial charge in [-0.2, -0.15) is 0 Å². The van der Waals surface area contributed by atoms with E-state index in [0.29, 0.717) is 14.7 Å². The zero-order valence-electron chi connectivity index (χ0n) is 17.2. The lowest BCUT2D eigenvalue weighted by atomic mass is 10.2. The van der Waals surface area contributed by atoms with E-state index in [1.54, 1.807) is 36.4 Å². The lowest BCUT2D eigenvalue weighted by Gasteiger charge is -2.34. The first-order chi connectivity index (χ1) is 15.3. The second-order valence-electron chi connectivity index (χ2n) is 7.16. The summed E-state index contributed by atoms with van der Waals surface area (Å²) in [7, 11) is -6.90. The number of aryl methyl sites for hydroxylation is 1. The molecule has 3 nitrogen and oxygen atoms in total. The summed E-state index contributed by atoms with van der Waals surface area (Å²) in [5.74, 6) is -0.897. The van der Waals surface area contributed by atoms with Crippen LogP contribution in [-0.2, 0) is 10.1 Å². The largest absolute Gasteiger partial charge is 0.422 e. The van der Waals surface area contributed by atoms with Crippen LogP contribution in [0.5, 0.6) is 0 Å². The van der Waals surface area contributed by atoms with Gasteiger partial charge in [-0.3, -0.25) is 3.63 Å². The summed E-state index contributed by atoms with van der Waals surface area (Å²) < 4.78 is 59.1. The number of rotatable bonds is 6. The van der Waals surface area contributed by atoms with Gasteiger partial charge >= 0.3 is 10.1 Å². The molecule has 0 atom stereocenters. The second kappa shape index (κ2) is 8.86. The van der Waals surface area contributed by atoms with Gasteiger partial charge in [-0.05, 0) is 79.7 Å². The standard InChI is InChI=1S/C25H20F2O3S2/c1-19-7-13-25(14-8-19)32(28,29)30-31(22-5-3-2-4-6-22,23-15-9-20(26)10-16-23)24-17-11-21(27)12-18-24/h2-18H,1H3/p+1. The fourth-order valence-electron chi connectivity index (χ4n) is 3.32. The van der Waals surface area contributed by atoms with Gasteiger partial charge in [0.05, 0.1) is 25.0 Å². The highest BCUT2D eigenvalue weighted by Crippen LogP contribution is 2.68. The Balaban J connectivity index is 2.01. The quantitative estimate of drug-likeness (QED) is 0.226. The Hall–Kier alpha value is -3.00. The van der Waals surface area contributed by atoms with Gasteiger partial charge in [-0.25, -0.2) is 8.78 Å². The van der Waals surface area contributed by atoms with Crippen molar-refractivity contribution >= 4 is 20.4 Å². The summed E-state index contributed by atoms with van der Waals surface area (Å²) in [6, 6.07) is 26.7. The third-order valence-corrected chi connectivity index (χ3v) is 10.3. The molecule has 0 aromatic heterocycles. The van der Waals surface area contributed by atoms with Crippen LogP contribution >= 0.6 is 10.3 Å². The lowest BCUT2D eigenvalue weighted by Crippen LogP contribution is -2.18. The van der Waals surface area contributed by atoms with E-state index in [1.165, 1.54) is 60.7 Å². The third-order valence-electron chi connectivity index (χ3n) is 4.92. The van der Waals surface area contributed by atoms with E-state index in [0.717, 1.165) is 5.56 Å². The van der Waals surface area contributed by atoms with Crippen LogP contribution in [0.4, 0.5) is 8.78 Å². The van der Waals surface area contributed by atoms with Gasteiger partial charge in [0.2, 0.25) is 0 Å². The summed E-state index contributed by atoms with van der Waals surface area (Å²) in [6.45, 7) is 1.87. The normalized spacial score (nSPS) is 12.5. The Kier molecular flexibility index (Phi) is 6.15. The van der Waals surface area contributed by atoms with Crippen LogP contribution in [0.3, 0.4) is 0 Å². The molecule has 0 unspecified atom stereocenters. The molecular formula is C25H21F2O3S2+. The number of hydrogen-bond acceptors (Lipinski definition) is 2. The molecule has 0 fully saturated rings. The molecular weight excluding hydrogens is 450 g/mol. The molecule has 0 spiro atoms. The molecule has 0 heterocycles. The lowest BCUT2D eigenvalue weighted by molar-refractivity contribution is 0.387. The molecule has 0 saturated carbocycles. The molecule has 4 aromatic rings. The molecule has 4 aromatic carbocycles. The zero-order chi connectivity index (χ0) is 22.8. The third kappa shape index (κ3) is 4.32. The van der Waals surface area contributed by atoms with Gasteiger partial charge in [-0.15, -0.1) is 8.42 Å². The highest BCUT2D eigenvalue weighted by molar-refractivity contribution is 8.32.